The Balaban J connectivity index is 2.24. The van der Waals surface area contributed by atoms with E-state index >= 15 is 0 Å². The second-order valence-electron chi connectivity index (χ2n) is 6.59. The standard InChI is InChI=1S/C22H27NO4/c1-3-5-14-23(15-18(24)4-2)17-12-10-16(11-13-17)21(25)19-8-6-7-9-20(19)22(26)27/h6-13,18,24H,3-5,14-15H2,1-2H3,(H,26,27). The Hall–Kier alpha value is -2.66. The molecule has 0 heterocycles. The Morgan fingerprint density at radius 1 is 1.00 bits per heavy atom. The van der Waals surface area contributed by atoms with Gasteiger partial charge in [0.15, 0.2) is 5.78 Å². The van der Waals surface area contributed by atoms with Crippen molar-refractivity contribution < 1.29 is 19.8 Å². The molecule has 0 amide bonds. The van der Waals surface area contributed by atoms with Crippen LogP contribution >= 0.6 is 0 Å². The Bertz CT molecular complexity index is 770. The topological polar surface area (TPSA) is 77.8 Å². The summed E-state index contributed by atoms with van der Waals surface area (Å²) in [6.07, 6.45) is 2.36. The molecule has 1 atom stereocenters. The second kappa shape index (κ2) is 9.88. The summed E-state index contributed by atoms with van der Waals surface area (Å²) in [5, 5.41) is 19.3. The minimum atomic E-state index is -1.12. The van der Waals surface area contributed by atoms with Gasteiger partial charge >= 0.3 is 5.97 Å². The lowest BCUT2D eigenvalue weighted by Gasteiger charge is -2.27. The zero-order valence-corrected chi connectivity index (χ0v) is 15.9. The summed E-state index contributed by atoms with van der Waals surface area (Å²) in [6.45, 7) is 5.45. The SMILES string of the molecule is CCCCN(CC(O)CC)c1ccc(C(=O)c2ccccc2C(=O)O)cc1. The third kappa shape index (κ3) is 5.41. The van der Waals surface area contributed by atoms with E-state index in [1.165, 1.54) is 12.1 Å². The molecule has 2 aromatic carbocycles. The van der Waals surface area contributed by atoms with Crippen molar-refractivity contribution in [1.29, 1.82) is 0 Å². The molecule has 27 heavy (non-hydrogen) atoms. The van der Waals surface area contributed by atoms with Crippen LogP contribution in [0.15, 0.2) is 48.5 Å². The first-order chi connectivity index (χ1) is 13.0. The largest absolute Gasteiger partial charge is 0.478 e. The molecule has 5 nitrogen and oxygen atoms in total. The first-order valence-electron chi connectivity index (χ1n) is 9.38. The number of benzene rings is 2. The first-order valence-corrected chi connectivity index (χ1v) is 9.38. The van der Waals surface area contributed by atoms with Crippen molar-refractivity contribution in [2.24, 2.45) is 0 Å². The number of carboxylic acid groups (broad SMARTS) is 1. The van der Waals surface area contributed by atoms with Crippen LogP contribution in [0.25, 0.3) is 0 Å². The van der Waals surface area contributed by atoms with Gasteiger partial charge in [0.25, 0.3) is 0 Å². The average Bonchev–Trinajstić information content (AvgIpc) is 2.70. The predicted octanol–water partition coefficient (Wildman–Crippen LogP) is 3.99. The summed E-state index contributed by atoms with van der Waals surface area (Å²) in [5.74, 6) is -1.43. The van der Waals surface area contributed by atoms with E-state index in [0.717, 1.165) is 25.1 Å². The Labute approximate surface area is 160 Å². The van der Waals surface area contributed by atoms with Crippen molar-refractivity contribution in [2.75, 3.05) is 18.0 Å². The van der Waals surface area contributed by atoms with Gasteiger partial charge in [-0.05, 0) is 43.2 Å². The van der Waals surface area contributed by atoms with Crippen molar-refractivity contribution in [1.82, 2.24) is 0 Å². The van der Waals surface area contributed by atoms with Gasteiger partial charge in [-0.1, -0.05) is 38.5 Å². The Morgan fingerprint density at radius 2 is 1.63 bits per heavy atom. The molecule has 1 unspecified atom stereocenters. The zero-order chi connectivity index (χ0) is 19.8. The fourth-order valence-corrected chi connectivity index (χ4v) is 2.91. The van der Waals surface area contributed by atoms with E-state index in [2.05, 4.69) is 11.8 Å². The number of aliphatic hydroxyl groups is 1. The van der Waals surface area contributed by atoms with Gasteiger partial charge < -0.3 is 15.1 Å². The van der Waals surface area contributed by atoms with Crippen LogP contribution in [0.1, 0.15) is 59.4 Å². The predicted molar refractivity (Wildman–Crippen MR) is 107 cm³/mol. The molecule has 2 aromatic rings. The lowest BCUT2D eigenvalue weighted by Crippen LogP contribution is -2.33. The van der Waals surface area contributed by atoms with E-state index in [1.54, 1.807) is 24.3 Å². The van der Waals surface area contributed by atoms with E-state index in [9.17, 15) is 19.8 Å². The molecule has 0 saturated carbocycles. The molecule has 0 spiro atoms. The van der Waals surface area contributed by atoms with Crippen LogP contribution in [-0.4, -0.2) is 41.2 Å². The van der Waals surface area contributed by atoms with Crippen LogP contribution in [0.5, 0.6) is 0 Å². The molecule has 0 fully saturated rings. The fourth-order valence-electron chi connectivity index (χ4n) is 2.91. The van der Waals surface area contributed by atoms with Crippen molar-refractivity contribution in [2.45, 2.75) is 39.2 Å². The number of hydrogen-bond donors (Lipinski definition) is 2. The number of unbranched alkanes of at least 4 members (excludes halogenated alkanes) is 1. The summed E-state index contributed by atoms with van der Waals surface area (Å²) >= 11 is 0. The highest BCUT2D eigenvalue weighted by Gasteiger charge is 2.18. The van der Waals surface area contributed by atoms with Crippen molar-refractivity contribution in [3.63, 3.8) is 0 Å². The number of carboxylic acids is 1. The smallest absolute Gasteiger partial charge is 0.336 e. The monoisotopic (exact) mass is 369 g/mol. The molecule has 0 bridgehead atoms. The summed E-state index contributed by atoms with van der Waals surface area (Å²) in [4.78, 5) is 26.2. The molecule has 2 rings (SSSR count). The summed E-state index contributed by atoms with van der Waals surface area (Å²) < 4.78 is 0. The second-order valence-corrected chi connectivity index (χ2v) is 6.59. The van der Waals surface area contributed by atoms with Crippen molar-refractivity contribution >= 4 is 17.4 Å². The lowest BCUT2D eigenvalue weighted by atomic mass is 9.98. The van der Waals surface area contributed by atoms with Crippen LogP contribution in [0.2, 0.25) is 0 Å². The van der Waals surface area contributed by atoms with E-state index in [-0.39, 0.29) is 16.9 Å². The number of nitrogens with zero attached hydrogens (tertiary/aromatic N) is 1. The highest BCUT2D eigenvalue weighted by molar-refractivity contribution is 6.14. The third-order valence-electron chi connectivity index (χ3n) is 4.58. The highest BCUT2D eigenvalue weighted by Crippen LogP contribution is 2.20. The number of rotatable bonds is 10. The number of aromatic carboxylic acids is 1. The van der Waals surface area contributed by atoms with Crippen molar-refractivity contribution in [3.05, 3.63) is 65.2 Å². The van der Waals surface area contributed by atoms with E-state index in [1.807, 2.05) is 19.1 Å². The van der Waals surface area contributed by atoms with E-state index in [4.69, 9.17) is 0 Å². The summed E-state index contributed by atoms with van der Waals surface area (Å²) in [6, 6.07) is 13.4. The maximum atomic E-state index is 12.7. The number of carbonyl (C=O) groups is 2. The van der Waals surface area contributed by atoms with Gasteiger partial charge in [-0.25, -0.2) is 4.79 Å². The van der Waals surface area contributed by atoms with Crippen LogP contribution in [-0.2, 0) is 0 Å². The molecule has 0 aliphatic carbocycles. The van der Waals surface area contributed by atoms with Crippen LogP contribution in [0, 0.1) is 0 Å². The quantitative estimate of drug-likeness (QED) is 0.619. The number of aliphatic hydroxyl groups excluding tert-OH is 1. The van der Waals surface area contributed by atoms with Crippen molar-refractivity contribution in [3.8, 4) is 0 Å². The molecule has 144 valence electrons. The fraction of sp³-hybridized carbons (Fsp3) is 0.364. The Kier molecular flexibility index (Phi) is 7.55. The normalized spacial score (nSPS) is 11.8. The minimum absolute atomic E-state index is 0.00205. The molecule has 0 aliphatic rings. The lowest BCUT2D eigenvalue weighted by molar-refractivity contribution is 0.0692. The van der Waals surface area contributed by atoms with E-state index in [0.29, 0.717) is 18.5 Å². The van der Waals surface area contributed by atoms with Gasteiger partial charge in [0.05, 0.1) is 11.7 Å². The zero-order valence-electron chi connectivity index (χ0n) is 15.9. The Morgan fingerprint density at radius 3 is 2.19 bits per heavy atom. The van der Waals surface area contributed by atoms with Crippen LogP contribution < -0.4 is 4.90 Å². The van der Waals surface area contributed by atoms with Gasteiger partial charge in [0, 0.05) is 29.9 Å². The van der Waals surface area contributed by atoms with Crippen LogP contribution in [0.3, 0.4) is 0 Å². The molecule has 0 aromatic heterocycles. The van der Waals surface area contributed by atoms with Gasteiger partial charge in [-0.15, -0.1) is 0 Å². The molecular weight excluding hydrogens is 342 g/mol. The molecule has 5 heteroatoms. The molecular formula is C22H27NO4. The van der Waals surface area contributed by atoms with Crippen LogP contribution in [0.4, 0.5) is 5.69 Å². The van der Waals surface area contributed by atoms with Gasteiger partial charge in [0.2, 0.25) is 0 Å². The molecule has 0 saturated heterocycles. The first kappa shape index (κ1) is 20.6. The van der Waals surface area contributed by atoms with Gasteiger partial charge in [0.1, 0.15) is 0 Å². The maximum Gasteiger partial charge on any atom is 0.336 e. The van der Waals surface area contributed by atoms with Gasteiger partial charge in [-0.2, -0.15) is 0 Å². The molecule has 2 N–H and O–H groups in total. The molecule has 0 radical (unpaired) electrons. The average molecular weight is 369 g/mol. The van der Waals surface area contributed by atoms with Gasteiger partial charge in [-0.3, -0.25) is 4.79 Å². The van der Waals surface area contributed by atoms with E-state index < -0.39 is 12.1 Å². The summed E-state index contributed by atoms with van der Waals surface area (Å²) in [5.41, 5.74) is 1.57. The summed E-state index contributed by atoms with van der Waals surface area (Å²) in [7, 11) is 0. The maximum absolute atomic E-state index is 12.7. The third-order valence-corrected chi connectivity index (χ3v) is 4.58. The number of ketones is 1. The number of carbonyl (C=O) groups excluding carboxylic acids is 1. The molecule has 0 aliphatic heterocycles. The number of anilines is 1. The number of hydrogen-bond acceptors (Lipinski definition) is 4. The highest BCUT2D eigenvalue weighted by atomic mass is 16.4. The minimum Gasteiger partial charge on any atom is -0.478 e.